The molecule has 1 saturated heterocycles. The zero-order valence-electron chi connectivity index (χ0n) is 13.6. The molecule has 134 valence electrons. The fourth-order valence-electron chi connectivity index (χ4n) is 2.83. The monoisotopic (exact) mass is 353 g/mol. The van der Waals surface area contributed by atoms with Crippen LogP contribution in [0.1, 0.15) is 28.9 Å². The Kier molecular flexibility index (Phi) is 4.65. The third kappa shape index (κ3) is 4.09. The van der Waals surface area contributed by atoms with E-state index < -0.39 is 11.9 Å². The van der Waals surface area contributed by atoms with Crippen LogP contribution in [0.15, 0.2) is 30.7 Å². The lowest BCUT2D eigenvalue weighted by Crippen LogP contribution is -2.44. The van der Waals surface area contributed by atoms with Gasteiger partial charge in [0.25, 0.3) is 5.91 Å². The van der Waals surface area contributed by atoms with E-state index in [1.807, 2.05) is 4.90 Å². The number of carbonyl (C=O) groups is 1. The molecule has 6 nitrogen and oxygen atoms in total. The van der Waals surface area contributed by atoms with Crippen molar-refractivity contribution in [1.29, 1.82) is 0 Å². The van der Waals surface area contributed by atoms with Crippen molar-refractivity contribution in [2.75, 3.05) is 18.0 Å². The van der Waals surface area contributed by atoms with Crippen molar-refractivity contribution < 1.29 is 18.0 Å². The molecule has 1 amide bonds. The van der Waals surface area contributed by atoms with Crippen molar-refractivity contribution in [3.63, 3.8) is 0 Å². The molecule has 2 aromatic heterocycles. The highest BCUT2D eigenvalue weighted by molar-refractivity contribution is 5.93. The molecule has 1 aliphatic rings. The highest BCUT2D eigenvalue weighted by Gasteiger charge is 2.32. The Balaban J connectivity index is 1.54. The maximum absolute atomic E-state index is 12.6. The second-order valence-corrected chi connectivity index (χ2v) is 6.04. The van der Waals surface area contributed by atoms with Gasteiger partial charge in [-0.2, -0.15) is 18.3 Å². The van der Waals surface area contributed by atoms with E-state index in [9.17, 15) is 18.0 Å². The highest BCUT2D eigenvalue weighted by Crippen LogP contribution is 2.29. The number of hydrogen-bond acceptors (Lipinski definition) is 4. The summed E-state index contributed by atoms with van der Waals surface area (Å²) < 4.78 is 39.2. The fourth-order valence-corrected chi connectivity index (χ4v) is 2.83. The van der Waals surface area contributed by atoms with E-state index in [0.29, 0.717) is 37.2 Å². The molecule has 3 rings (SSSR count). The molecule has 0 unspecified atom stereocenters. The normalized spacial score (nSPS) is 16.1. The number of hydrogen-bond donors (Lipinski definition) is 1. The van der Waals surface area contributed by atoms with E-state index in [1.165, 1.54) is 18.5 Å². The molecule has 0 atom stereocenters. The van der Waals surface area contributed by atoms with Gasteiger partial charge in [-0.3, -0.25) is 9.48 Å². The Bertz CT molecular complexity index is 733. The molecule has 25 heavy (non-hydrogen) atoms. The van der Waals surface area contributed by atoms with Gasteiger partial charge in [-0.15, -0.1) is 0 Å². The second-order valence-electron chi connectivity index (χ2n) is 6.04. The van der Waals surface area contributed by atoms with Crippen molar-refractivity contribution in [1.82, 2.24) is 20.1 Å². The SMILES string of the molecule is Cn1cc(C(=O)NC2CCN(c3ccc(C(F)(F)F)nc3)CC2)cn1. The molecular weight excluding hydrogens is 335 g/mol. The van der Waals surface area contributed by atoms with Gasteiger partial charge in [-0.25, -0.2) is 4.98 Å². The third-order valence-electron chi connectivity index (χ3n) is 4.20. The zero-order chi connectivity index (χ0) is 18.0. The van der Waals surface area contributed by atoms with E-state index in [0.717, 1.165) is 6.07 Å². The number of nitrogens with one attached hydrogen (secondary N) is 1. The summed E-state index contributed by atoms with van der Waals surface area (Å²) in [6, 6.07) is 2.46. The third-order valence-corrected chi connectivity index (χ3v) is 4.20. The largest absolute Gasteiger partial charge is 0.433 e. The van der Waals surface area contributed by atoms with E-state index in [-0.39, 0.29) is 11.9 Å². The van der Waals surface area contributed by atoms with Crippen molar-refractivity contribution in [2.45, 2.75) is 25.1 Å². The average Bonchev–Trinajstić information content (AvgIpc) is 3.02. The lowest BCUT2D eigenvalue weighted by Gasteiger charge is -2.33. The number of pyridine rings is 1. The summed E-state index contributed by atoms with van der Waals surface area (Å²) in [5.74, 6) is -0.164. The Morgan fingerprint density at radius 3 is 2.48 bits per heavy atom. The van der Waals surface area contributed by atoms with Gasteiger partial charge in [0.1, 0.15) is 5.69 Å². The number of piperidine rings is 1. The summed E-state index contributed by atoms with van der Waals surface area (Å²) >= 11 is 0. The molecule has 0 aliphatic carbocycles. The summed E-state index contributed by atoms with van der Waals surface area (Å²) in [5.41, 5.74) is 0.275. The van der Waals surface area contributed by atoms with E-state index in [2.05, 4.69) is 15.4 Å². The standard InChI is InChI=1S/C16H18F3N5O/c1-23-10-11(8-21-23)15(25)22-12-4-6-24(7-5-12)13-2-3-14(20-9-13)16(17,18)19/h2-3,8-10,12H,4-7H2,1H3,(H,22,25). The minimum Gasteiger partial charge on any atom is -0.370 e. The lowest BCUT2D eigenvalue weighted by atomic mass is 10.0. The summed E-state index contributed by atoms with van der Waals surface area (Å²) in [5, 5.41) is 6.93. The number of alkyl halides is 3. The van der Waals surface area contributed by atoms with Gasteiger partial charge in [0.2, 0.25) is 0 Å². The van der Waals surface area contributed by atoms with Crippen LogP contribution in [0.4, 0.5) is 18.9 Å². The Morgan fingerprint density at radius 2 is 1.96 bits per heavy atom. The van der Waals surface area contributed by atoms with E-state index >= 15 is 0 Å². The molecule has 2 aromatic rings. The minimum atomic E-state index is -4.43. The van der Waals surface area contributed by atoms with Gasteiger partial charge >= 0.3 is 6.18 Å². The van der Waals surface area contributed by atoms with Crippen LogP contribution in [0.2, 0.25) is 0 Å². The van der Waals surface area contributed by atoms with Crippen LogP contribution in [0.3, 0.4) is 0 Å². The fraction of sp³-hybridized carbons (Fsp3) is 0.438. The van der Waals surface area contributed by atoms with Crippen LogP contribution < -0.4 is 10.2 Å². The molecule has 0 aromatic carbocycles. The summed E-state index contributed by atoms with van der Waals surface area (Å²) in [7, 11) is 1.74. The Morgan fingerprint density at radius 1 is 1.24 bits per heavy atom. The first-order valence-corrected chi connectivity index (χ1v) is 7.90. The van der Waals surface area contributed by atoms with Gasteiger partial charge in [-0.1, -0.05) is 0 Å². The zero-order valence-corrected chi connectivity index (χ0v) is 13.6. The first-order chi connectivity index (χ1) is 11.8. The van der Waals surface area contributed by atoms with Gasteiger partial charge in [0.15, 0.2) is 0 Å². The molecule has 1 aliphatic heterocycles. The molecule has 0 saturated carbocycles. The lowest BCUT2D eigenvalue weighted by molar-refractivity contribution is -0.141. The summed E-state index contributed by atoms with van der Waals surface area (Å²) in [6.07, 6.45) is 1.41. The maximum Gasteiger partial charge on any atom is 0.433 e. The number of nitrogens with zero attached hydrogens (tertiary/aromatic N) is 4. The number of anilines is 1. The highest BCUT2D eigenvalue weighted by atomic mass is 19.4. The van der Waals surface area contributed by atoms with Gasteiger partial charge < -0.3 is 10.2 Å². The van der Waals surface area contributed by atoms with E-state index in [4.69, 9.17) is 0 Å². The molecule has 0 radical (unpaired) electrons. The van der Waals surface area contributed by atoms with E-state index in [1.54, 1.807) is 17.9 Å². The minimum absolute atomic E-state index is 0.0337. The maximum atomic E-state index is 12.6. The molecule has 0 spiro atoms. The van der Waals surface area contributed by atoms with Crippen molar-refractivity contribution in [2.24, 2.45) is 7.05 Å². The van der Waals surface area contributed by atoms with Crippen molar-refractivity contribution >= 4 is 11.6 Å². The number of rotatable bonds is 3. The van der Waals surface area contributed by atoms with Gasteiger partial charge in [0.05, 0.1) is 23.6 Å². The number of aryl methyl sites for hydroxylation is 1. The number of amides is 1. The Labute approximate surface area is 142 Å². The summed E-state index contributed by atoms with van der Waals surface area (Å²) in [4.78, 5) is 17.6. The molecule has 1 N–H and O–H groups in total. The predicted molar refractivity (Wildman–Crippen MR) is 85.1 cm³/mol. The average molecular weight is 353 g/mol. The van der Waals surface area contributed by atoms with Crippen LogP contribution >= 0.6 is 0 Å². The quantitative estimate of drug-likeness (QED) is 0.919. The topological polar surface area (TPSA) is 63.1 Å². The molecule has 9 heteroatoms. The Hall–Kier alpha value is -2.58. The number of carbonyl (C=O) groups excluding carboxylic acids is 1. The predicted octanol–water partition coefficient (Wildman–Crippen LogP) is 2.23. The second kappa shape index (κ2) is 6.73. The van der Waals surface area contributed by atoms with Crippen molar-refractivity contribution in [3.8, 4) is 0 Å². The number of aromatic nitrogens is 3. The first-order valence-electron chi connectivity index (χ1n) is 7.90. The van der Waals surface area contributed by atoms with Crippen LogP contribution in [0, 0.1) is 0 Å². The van der Waals surface area contributed by atoms with Gasteiger partial charge in [-0.05, 0) is 25.0 Å². The van der Waals surface area contributed by atoms with Crippen LogP contribution in [-0.2, 0) is 13.2 Å². The smallest absolute Gasteiger partial charge is 0.370 e. The molecule has 3 heterocycles. The summed E-state index contributed by atoms with van der Waals surface area (Å²) in [6.45, 7) is 1.29. The molecular formula is C16H18F3N5O. The van der Waals surface area contributed by atoms with Crippen LogP contribution in [-0.4, -0.2) is 39.8 Å². The van der Waals surface area contributed by atoms with Gasteiger partial charge in [0, 0.05) is 32.4 Å². The molecule has 1 fully saturated rings. The molecule has 0 bridgehead atoms. The number of halogens is 3. The first kappa shape index (κ1) is 17.2. The van der Waals surface area contributed by atoms with Crippen LogP contribution in [0.25, 0.3) is 0 Å². The van der Waals surface area contributed by atoms with Crippen molar-refractivity contribution in [3.05, 3.63) is 42.0 Å². The van der Waals surface area contributed by atoms with Crippen LogP contribution in [0.5, 0.6) is 0 Å².